The van der Waals surface area contributed by atoms with Gasteiger partial charge in [-0.2, -0.15) is 0 Å². The van der Waals surface area contributed by atoms with E-state index in [9.17, 15) is 9.59 Å². The fraction of sp³-hybridized carbons (Fsp3) is 0.227. The van der Waals surface area contributed by atoms with Gasteiger partial charge < -0.3 is 20.1 Å². The maximum Gasteiger partial charge on any atom is 0.262 e. The Labute approximate surface area is 198 Å². The van der Waals surface area contributed by atoms with Crippen LogP contribution in [-0.2, 0) is 9.59 Å². The lowest BCUT2D eigenvalue weighted by Crippen LogP contribution is -2.25. The van der Waals surface area contributed by atoms with Crippen molar-refractivity contribution in [1.29, 1.82) is 0 Å². The highest BCUT2D eigenvalue weighted by atomic mass is 35.5. The second-order valence-corrected chi connectivity index (χ2v) is 9.09. The molecular weight excluding hydrogens is 473 g/mol. The lowest BCUT2D eigenvalue weighted by atomic mass is 10.1. The van der Waals surface area contributed by atoms with E-state index < -0.39 is 0 Å². The summed E-state index contributed by atoms with van der Waals surface area (Å²) in [7, 11) is 0. The maximum absolute atomic E-state index is 12.3. The Kier molecular flexibility index (Phi) is 6.83. The molecule has 2 aromatic carbocycles. The number of hydrogen-bond acceptors (Lipinski definition) is 6. The number of rotatable bonds is 7. The summed E-state index contributed by atoms with van der Waals surface area (Å²) in [6.45, 7) is 2.29. The number of fused-ring (bicyclic) bond motifs is 1. The summed E-state index contributed by atoms with van der Waals surface area (Å²) < 4.78 is 11.0. The minimum atomic E-state index is -0.195. The van der Waals surface area contributed by atoms with E-state index in [0.717, 1.165) is 16.1 Å². The maximum atomic E-state index is 12.3. The largest absolute Gasteiger partial charge is 0.492 e. The topological polar surface area (TPSA) is 89.5 Å². The van der Waals surface area contributed by atoms with Gasteiger partial charge in [-0.25, -0.2) is 4.98 Å². The molecule has 0 atom stereocenters. The Hall–Kier alpha value is -2.81. The number of aryl methyl sites for hydroxylation is 1. The molecule has 0 fully saturated rings. The molecule has 1 aliphatic heterocycles. The lowest BCUT2D eigenvalue weighted by molar-refractivity contribution is -0.118. The van der Waals surface area contributed by atoms with Gasteiger partial charge in [0, 0.05) is 21.9 Å². The van der Waals surface area contributed by atoms with Gasteiger partial charge in [-0.3, -0.25) is 9.59 Å². The van der Waals surface area contributed by atoms with Gasteiger partial charge >= 0.3 is 0 Å². The molecule has 32 heavy (non-hydrogen) atoms. The number of amides is 2. The van der Waals surface area contributed by atoms with Crippen LogP contribution in [-0.4, -0.2) is 30.0 Å². The van der Waals surface area contributed by atoms with Gasteiger partial charge in [-0.1, -0.05) is 23.2 Å². The number of thiazole rings is 1. The van der Waals surface area contributed by atoms with Gasteiger partial charge in [-0.05, 0) is 49.7 Å². The molecular formula is C22H19Cl2N3O4S. The molecule has 2 heterocycles. The first kappa shape index (κ1) is 22.4. The third kappa shape index (κ3) is 5.32. The van der Waals surface area contributed by atoms with Crippen LogP contribution in [0.2, 0.25) is 10.0 Å². The van der Waals surface area contributed by atoms with Gasteiger partial charge in [0.2, 0.25) is 5.91 Å². The molecule has 2 N–H and O–H groups in total. The van der Waals surface area contributed by atoms with Gasteiger partial charge in [0.1, 0.15) is 11.5 Å². The van der Waals surface area contributed by atoms with Crippen molar-refractivity contribution in [3.63, 3.8) is 0 Å². The van der Waals surface area contributed by atoms with Crippen LogP contribution in [0.1, 0.15) is 17.7 Å². The molecule has 3 aromatic rings. The number of nitrogens with zero attached hydrogens (tertiary/aromatic N) is 1. The van der Waals surface area contributed by atoms with Gasteiger partial charge in [0.05, 0.1) is 23.0 Å². The van der Waals surface area contributed by atoms with E-state index >= 15 is 0 Å². The second kappa shape index (κ2) is 9.77. The molecule has 0 bridgehead atoms. The Morgan fingerprint density at radius 3 is 2.94 bits per heavy atom. The molecule has 166 valence electrons. The third-order valence-corrected chi connectivity index (χ3v) is 6.05. The zero-order valence-corrected chi connectivity index (χ0v) is 19.4. The number of nitrogens with one attached hydrogen (secondary N) is 2. The number of halogens is 2. The summed E-state index contributed by atoms with van der Waals surface area (Å²) in [5.74, 6) is 0.808. The third-order valence-electron chi connectivity index (χ3n) is 4.63. The van der Waals surface area contributed by atoms with Crippen LogP contribution >= 0.6 is 34.5 Å². The van der Waals surface area contributed by atoms with Crippen molar-refractivity contribution in [3.8, 4) is 22.8 Å². The summed E-state index contributed by atoms with van der Waals surface area (Å²) in [6.07, 6.45) is 0.800. The summed E-state index contributed by atoms with van der Waals surface area (Å²) in [5, 5.41) is 7.11. The molecule has 10 heteroatoms. The van der Waals surface area contributed by atoms with Crippen LogP contribution in [0.25, 0.3) is 11.3 Å². The minimum absolute atomic E-state index is 0.00995. The summed E-state index contributed by atoms with van der Waals surface area (Å²) in [5.41, 5.74) is 2.18. The predicted molar refractivity (Wildman–Crippen MR) is 126 cm³/mol. The highest BCUT2D eigenvalue weighted by Gasteiger charge is 2.18. The lowest BCUT2D eigenvalue weighted by Gasteiger charge is -2.18. The van der Waals surface area contributed by atoms with Crippen LogP contribution in [0, 0.1) is 6.92 Å². The van der Waals surface area contributed by atoms with E-state index in [0.29, 0.717) is 45.4 Å². The monoisotopic (exact) mass is 491 g/mol. The number of aromatic nitrogens is 1. The summed E-state index contributed by atoms with van der Waals surface area (Å²) in [6, 6.07) is 10.5. The Morgan fingerprint density at radius 1 is 1.28 bits per heavy atom. The van der Waals surface area contributed by atoms with Crippen molar-refractivity contribution in [3.05, 3.63) is 51.3 Å². The number of hydrogen-bond donors (Lipinski definition) is 2. The number of carbonyl (C=O) groups excluding carboxylic acids is 2. The van der Waals surface area contributed by atoms with Crippen molar-refractivity contribution in [2.75, 3.05) is 23.8 Å². The minimum Gasteiger partial charge on any atom is -0.492 e. The van der Waals surface area contributed by atoms with Crippen molar-refractivity contribution >= 4 is 57.2 Å². The Bertz CT molecular complexity index is 1180. The predicted octanol–water partition coefficient (Wildman–Crippen LogP) is 5.55. The van der Waals surface area contributed by atoms with Crippen molar-refractivity contribution in [2.45, 2.75) is 19.8 Å². The number of carbonyl (C=O) groups is 2. The van der Waals surface area contributed by atoms with Crippen LogP contribution in [0.4, 0.5) is 10.8 Å². The molecule has 0 radical (unpaired) electrons. The molecule has 1 aliphatic rings. The van der Waals surface area contributed by atoms with Crippen LogP contribution in [0.5, 0.6) is 11.5 Å². The van der Waals surface area contributed by atoms with E-state index in [2.05, 4.69) is 15.6 Å². The standard InChI is InChI=1S/C22H19Cl2N3O4S/c1-12-21(13-4-6-18-16(9-13)25-20(29)11-31-18)27-22(32-12)26-19(28)3-2-8-30-17-7-5-14(23)10-15(17)24/h4-7,9-10H,2-3,8,11H2,1H3,(H,25,29)(H,26,27,28). The Morgan fingerprint density at radius 2 is 2.12 bits per heavy atom. The highest BCUT2D eigenvalue weighted by Crippen LogP contribution is 2.36. The average Bonchev–Trinajstić information content (AvgIpc) is 3.11. The summed E-state index contributed by atoms with van der Waals surface area (Å²) >= 11 is 13.3. The van der Waals surface area contributed by atoms with Gasteiger partial charge in [-0.15, -0.1) is 11.3 Å². The zero-order valence-electron chi connectivity index (χ0n) is 17.0. The smallest absolute Gasteiger partial charge is 0.262 e. The first-order valence-electron chi connectivity index (χ1n) is 9.81. The molecule has 4 rings (SSSR count). The SMILES string of the molecule is Cc1sc(NC(=O)CCCOc2ccc(Cl)cc2Cl)nc1-c1ccc2c(c1)NC(=O)CO2. The van der Waals surface area contributed by atoms with Crippen molar-refractivity contribution in [2.24, 2.45) is 0 Å². The van der Waals surface area contributed by atoms with E-state index in [4.69, 9.17) is 32.7 Å². The van der Waals surface area contributed by atoms with Gasteiger partial charge in [0.15, 0.2) is 11.7 Å². The molecule has 2 amide bonds. The van der Waals surface area contributed by atoms with E-state index in [1.807, 2.05) is 19.1 Å². The quantitative estimate of drug-likeness (QED) is 0.422. The molecule has 0 aliphatic carbocycles. The molecule has 7 nitrogen and oxygen atoms in total. The van der Waals surface area contributed by atoms with Gasteiger partial charge in [0.25, 0.3) is 5.91 Å². The Balaban J connectivity index is 1.32. The fourth-order valence-corrected chi connectivity index (χ4v) is 4.45. The average molecular weight is 492 g/mol. The molecule has 0 unspecified atom stereocenters. The number of benzene rings is 2. The normalized spacial score (nSPS) is 12.5. The highest BCUT2D eigenvalue weighted by molar-refractivity contribution is 7.16. The molecule has 0 spiro atoms. The number of anilines is 2. The van der Waals surface area contributed by atoms with Crippen molar-refractivity contribution < 1.29 is 19.1 Å². The van der Waals surface area contributed by atoms with E-state index in [1.165, 1.54) is 11.3 Å². The first-order chi connectivity index (χ1) is 15.4. The molecule has 0 saturated carbocycles. The van der Waals surface area contributed by atoms with Crippen LogP contribution in [0.15, 0.2) is 36.4 Å². The van der Waals surface area contributed by atoms with E-state index in [-0.39, 0.29) is 24.8 Å². The summed E-state index contributed by atoms with van der Waals surface area (Å²) in [4.78, 5) is 29.4. The number of ether oxygens (including phenoxy) is 2. The van der Waals surface area contributed by atoms with Crippen molar-refractivity contribution in [1.82, 2.24) is 4.98 Å². The first-order valence-corrected chi connectivity index (χ1v) is 11.4. The van der Waals surface area contributed by atoms with Crippen LogP contribution in [0.3, 0.4) is 0 Å². The fourth-order valence-electron chi connectivity index (χ4n) is 3.14. The molecule has 1 aromatic heterocycles. The van der Waals surface area contributed by atoms with E-state index in [1.54, 1.807) is 24.3 Å². The second-order valence-electron chi connectivity index (χ2n) is 7.05. The zero-order chi connectivity index (χ0) is 22.7. The van der Waals surface area contributed by atoms with Crippen LogP contribution < -0.4 is 20.1 Å². The molecule has 0 saturated heterocycles.